The van der Waals surface area contributed by atoms with E-state index in [4.69, 9.17) is 25.4 Å². The summed E-state index contributed by atoms with van der Waals surface area (Å²) in [6, 6.07) is 0. The monoisotopic (exact) mass is 905 g/mol. The Balaban J connectivity index is 0. The highest BCUT2D eigenvalue weighted by Gasteiger charge is 2.25. The van der Waals surface area contributed by atoms with Gasteiger partial charge in [-0.25, -0.2) is 0 Å². The minimum atomic E-state index is -3.73. The molecule has 0 aliphatic rings. The lowest BCUT2D eigenvalue weighted by atomic mass is 10.1. The second-order valence-corrected chi connectivity index (χ2v) is 29.1. The molecule has 0 heterocycles. The third-order valence-corrected chi connectivity index (χ3v) is 23.8. The highest BCUT2D eigenvalue weighted by Crippen LogP contribution is 2.50. The van der Waals surface area contributed by atoms with E-state index in [0.717, 1.165) is 55.8 Å². The van der Waals surface area contributed by atoms with E-state index in [-0.39, 0.29) is 0 Å². The lowest BCUT2D eigenvalue weighted by Crippen LogP contribution is -2.27. The fraction of sp³-hybridized carbons (Fsp3) is 1.00. The maximum absolute atomic E-state index is 10.5. The molecular weight excluding hydrogens is 799 g/mol. The van der Waals surface area contributed by atoms with Crippen LogP contribution in [0.5, 0.6) is 0 Å². The van der Waals surface area contributed by atoms with Crippen LogP contribution >= 0.6 is 13.4 Å². The number of unbranched alkanes of at least 4 members (excludes halogenated alkanes) is 30. The van der Waals surface area contributed by atoms with Crippen molar-refractivity contribution in [2.45, 2.75) is 273 Å². The van der Waals surface area contributed by atoms with E-state index in [1.54, 1.807) is 0 Å². The van der Waals surface area contributed by atoms with Crippen LogP contribution < -0.4 is 0 Å². The van der Waals surface area contributed by atoms with Crippen molar-refractivity contribution in [3.63, 3.8) is 0 Å². The van der Waals surface area contributed by atoms with E-state index in [9.17, 15) is 14.7 Å². The summed E-state index contributed by atoms with van der Waals surface area (Å²) in [7, 11) is -2.07. The van der Waals surface area contributed by atoms with Crippen molar-refractivity contribution in [3.8, 4) is 0 Å². The number of hydrogen-bond acceptors (Lipinski definition) is 4. The Morgan fingerprint density at radius 1 is 0.310 bits per heavy atom. The van der Waals surface area contributed by atoms with Crippen molar-refractivity contribution in [2.24, 2.45) is 0 Å². The van der Waals surface area contributed by atoms with E-state index in [1.165, 1.54) is 193 Å². The van der Waals surface area contributed by atoms with Crippen molar-refractivity contribution in [1.29, 1.82) is 0 Å². The molecule has 0 rings (SSSR count). The zero-order chi connectivity index (χ0) is 43.3. The average Bonchev–Trinajstić information content (AvgIpc) is 3.20. The van der Waals surface area contributed by atoms with Gasteiger partial charge < -0.3 is 28.3 Å². The predicted octanol–water partition coefficient (Wildman–Crippen LogP) is 17.0. The summed E-state index contributed by atoms with van der Waals surface area (Å²) in [6.07, 6.45) is 44.5. The first-order valence-electron chi connectivity index (χ1n) is 25.6. The van der Waals surface area contributed by atoms with Crippen LogP contribution in [0, 0.1) is 0 Å². The molecule has 10 heteroatoms. The molecule has 0 radical (unpaired) electrons. The molecule has 0 aromatic carbocycles. The van der Waals surface area contributed by atoms with Gasteiger partial charge >= 0.3 is 6.72 Å². The predicted molar refractivity (Wildman–Crippen MR) is 269 cm³/mol. The van der Waals surface area contributed by atoms with Crippen LogP contribution in [-0.4, -0.2) is 51.8 Å². The third kappa shape index (κ3) is 40.0. The number of thiol groups is 1. The normalized spacial score (nSPS) is 12.6. The molecule has 0 amide bonds. The van der Waals surface area contributed by atoms with E-state index in [0.29, 0.717) is 19.8 Å². The van der Waals surface area contributed by atoms with E-state index in [1.807, 2.05) is 0 Å². The molecule has 3 N–H and O–H groups in total. The molecular formula is C48H106O6P2S2. The Morgan fingerprint density at radius 3 is 0.707 bits per heavy atom. The Bertz CT molecular complexity index is 839. The van der Waals surface area contributed by atoms with Crippen molar-refractivity contribution in [2.75, 3.05) is 37.1 Å². The first-order valence-corrected chi connectivity index (χ1v) is 32.8. The van der Waals surface area contributed by atoms with Crippen LogP contribution in [-0.2, 0) is 34.6 Å². The summed E-state index contributed by atoms with van der Waals surface area (Å²) in [5.74, 6) is 2.67. The Morgan fingerprint density at radius 2 is 0.500 bits per heavy atom. The second-order valence-electron chi connectivity index (χ2n) is 17.4. The maximum Gasteiger partial charge on any atom is 0.327 e. The van der Waals surface area contributed by atoms with Crippen LogP contribution in [0.1, 0.15) is 273 Å². The summed E-state index contributed by atoms with van der Waals surface area (Å²) in [5, 5.41) is 0. The second kappa shape index (κ2) is 46.2. The number of rotatable bonds is 45. The van der Waals surface area contributed by atoms with Gasteiger partial charge in [0.1, 0.15) is 0 Å². The van der Waals surface area contributed by atoms with Gasteiger partial charge in [-0.2, -0.15) is 9.21 Å². The van der Waals surface area contributed by atoms with Crippen molar-refractivity contribution < 1.29 is 28.3 Å². The zero-order valence-corrected chi connectivity index (χ0v) is 43.5. The summed E-state index contributed by atoms with van der Waals surface area (Å²) >= 11 is 5.71. The lowest BCUT2D eigenvalue weighted by molar-refractivity contribution is 0.150. The fourth-order valence-corrected chi connectivity index (χ4v) is 17.1. The molecule has 0 saturated heterocycles. The topological polar surface area (TPSA) is 88.4 Å². The highest BCUT2D eigenvalue weighted by molar-refractivity contribution is 8.39. The van der Waals surface area contributed by atoms with Gasteiger partial charge in [-0.15, -0.1) is 0 Å². The summed E-state index contributed by atoms with van der Waals surface area (Å²) in [4.78, 5) is 31.6. The summed E-state index contributed by atoms with van der Waals surface area (Å²) in [5.41, 5.74) is 0. The van der Waals surface area contributed by atoms with Gasteiger partial charge in [0.15, 0.2) is 0 Å². The van der Waals surface area contributed by atoms with E-state index in [2.05, 4.69) is 41.5 Å². The van der Waals surface area contributed by atoms with Gasteiger partial charge in [-0.05, 0) is 67.6 Å². The molecule has 0 aromatic rings. The van der Waals surface area contributed by atoms with E-state index < -0.39 is 22.6 Å². The molecule has 0 spiro atoms. The summed E-state index contributed by atoms with van der Waals surface area (Å²) in [6.45, 7) is 9.19. The van der Waals surface area contributed by atoms with Crippen LogP contribution in [0.2, 0.25) is 0 Å². The minimum absolute atomic E-state index is 0.677. The van der Waals surface area contributed by atoms with Crippen LogP contribution in [0.25, 0.3) is 0 Å². The van der Waals surface area contributed by atoms with E-state index >= 15 is 0 Å². The Hall–Kier alpha value is 1.19. The largest absolute Gasteiger partial charge is 0.330 e. The number of hydrogen-bond donors (Lipinski definition) is 4. The van der Waals surface area contributed by atoms with Gasteiger partial charge in [0.25, 0.3) is 6.72 Å². The first kappa shape index (κ1) is 61.3. The SMILES string of the molecule is CCCCCCCCOP(=S)(OCCCCCCCC)OCCCCCCCC.CCCCCCCC[SH](CCCCCCCC)(CCCCCCCC)=P(O)(O)O. The molecule has 0 fully saturated rings. The van der Waals surface area contributed by atoms with Crippen LogP contribution in [0.3, 0.4) is 0 Å². The molecule has 0 aromatic heterocycles. The van der Waals surface area contributed by atoms with Gasteiger partial charge in [-0.1, -0.05) is 234 Å². The smallest absolute Gasteiger partial charge is 0.327 e. The molecule has 58 heavy (non-hydrogen) atoms. The van der Waals surface area contributed by atoms with Gasteiger partial charge in [0.05, 0.1) is 19.8 Å². The standard InChI is InChI=1S/C24H55O3PS.C24H51O3PS/c1-4-7-10-13-16-19-22-29(28(25,26)27,23-20-17-14-11-8-5-2)24-21-18-15-12-9-6-3;1-4-7-10-13-16-19-22-25-28(29,26-23-20-17-14-11-8-5-2)27-24-21-18-15-12-9-6-3/h25-27,29H,4-24H2,1-3H3;4-24H2,1-3H3. The molecule has 0 aliphatic carbocycles. The molecule has 0 unspecified atom stereocenters. The molecule has 356 valence electrons. The molecule has 0 atom stereocenters. The zero-order valence-electron chi connectivity index (χ0n) is 40.0. The van der Waals surface area contributed by atoms with Crippen molar-refractivity contribution >= 4 is 34.5 Å². The molecule has 0 saturated carbocycles. The molecule has 0 aliphatic heterocycles. The van der Waals surface area contributed by atoms with Crippen molar-refractivity contribution in [1.82, 2.24) is 0 Å². The van der Waals surface area contributed by atoms with Gasteiger partial charge in [0.2, 0.25) is 0 Å². The highest BCUT2D eigenvalue weighted by atomic mass is 32.6. The maximum atomic E-state index is 10.5. The first-order chi connectivity index (χ1) is 28.1. The fourth-order valence-electron chi connectivity index (χ4n) is 7.59. The molecule has 0 bridgehead atoms. The van der Waals surface area contributed by atoms with Crippen molar-refractivity contribution in [3.05, 3.63) is 0 Å². The average molecular weight is 905 g/mol. The van der Waals surface area contributed by atoms with Gasteiger partial charge in [0, 0.05) is 0 Å². The Kier molecular flexibility index (Phi) is 48.8. The minimum Gasteiger partial charge on any atom is -0.330 e. The molecule has 6 nitrogen and oxygen atoms in total. The summed E-state index contributed by atoms with van der Waals surface area (Å²) < 4.78 is 18.0. The third-order valence-electron chi connectivity index (χ3n) is 11.6. The Labute approximate surface area is 370 Å². The van der Waals surface area contributed by atoms with Crippen LogP contribution in [0.15, 0.2) is 0 Å². The van der Waals surface area contributed by atoms with Crippen LogP contribution in [0.4, 0.5) is 0 Å². The van der Waals surface area contributed by atoms with Gasteiger partial charge in [-0.3, -0.25) is 0 Å². The quantitative estimate of drug-likeness (QED) is 0.0275. The lowest BCUT2D eigenvalue weighted by Gasteiger charge is -2.35.